The van der Waals surface area contributed by atoms with Crippen LogP contribution in [-0.4, -0.2) is 19.7 Å². The molecule has 152 valence electrons. The molecule has 4 aromatic rings. The summed E-state index contributed by atoms with van der Waals surface area (Å²) in [4.78, 5) is 5.88. The molecule has 0 atom stereocenters. The van der Waals surface area contributed by atoms with Gasteiger partial charge in [0.1, 0.15) is 5.82 Å². The molecule has 0 spiro atoms. The molecule has 3 aromatic carbocycles. The van der Waals surface area contributed by atoms with Gasteiger partial charge < -0.3 is 0 Å². The van der Waals surface area contributed by atoms with E-state index in [-0.39, 0.29) is 10.7 Å². The van der Waals surface area contributed by atoms with Gasteiger partial charge in [0.15, 0.2) is 9.84 Å². The molecule has 0 unspecified atom stereocenters. The summed E-state index contributed by atoms with van der Waals surface area (Å²) in [6, 6.07) is 23.3. The van der Waals surface area contributed by atoms with Gasteiger partial charge in [-0.15, -0.1) is 11.3 Å². The highest BCUT2D eigenvalue weighted by molar-refractivity contribution is 7.90. The van der Waals surface area contributed by atoms with Crippen molar-refractivity contribution in [3.8, 4) is 21.7 Å². The minimum absolute atomic E-state index is 0.270. The summed E-state index contributed by atoms with van der Waals surface area (Å²) in [5.74, 6) is -0.323. The van der Waals surface area contributed by atoms with E-state index in [1.165, 1.54) is 35.3 Å². The first-order chi connectivity index (χ1) is 14.4. The standard InChI is InChI=1S/C24H20FNO2S2/c1-30(27,28)21-10-6-5-9-20(21)24-23(18-12-14-19(25)15-13-18)26-22(29-24)16-11-17-7-3-2-4-8-17/h2-10,12-15H,11,16H2,1H3. The quantitative estimate of drug-likeness (QED) is 0.383. The van der Waals surface area contributed by atoms with Gasteiger partial charge in [-0.05, 0) is 42.3 Å². The maximum absolute atomic E-state index is 13.5. The fourth-order valence-corrected chi connectivity index (χ4v) is 5.42. The predicted octanol–water partition coefficient (Wildman–Crippen LogP) is 5.80. The molecule has 3 nitrogen and oxygen atoms in total. The number of thiazole rings is 1. The maximum Gasteiger partial charge on any atom is 0.176 e. The number of rotatable bonds is 6. The third kappa shape index (κ3) is 4.50. The van der Waals surface area contributed by atoms with Gasteiger partial charge in [0.2, 0.25) is 0 Å². The summed E-state index contributed by atoms with van der Waals surface area (Å²) in [5, 5.41) is 0.913. The lowest BCUT2D eigenvalue weighted by molar-refractivity contribution is 0.602. The monoisotopic (exact) mass is 437 g/mol. The van der Waals surface area contributed by atoms with E-state index in [9.17, 15) is 12.8 Å². The lowest BCUT2D eigenvalue weighted by Crippen LogP contribution is -1.99. The Morgan fingerprint density at radius 1 is 0.867 bits per heavy atom. The highest BCUT2D eigenvalue weighted by Crippen LogP contribution is 2.40. The molecular weight excluding hydrogens is 417 g/mol. The third-order valence-corrected chi connectivity index (χ3v) is 7.09. The van der Waals surface area contributed by atoms with Crippen molar-refractivity contribution in [1.29, 1.82) is 0 Å². The van der Waals surface area contributed by atoms with E-state index in [0.29, 0.717) is 11.3 Å². The van der Waals surface area contributed by atoms with Crippen LogP contribution in [0.15, 0.2) is 83.8 Å². The molecule has 0 aliphatic carbocycles. The molecular formula is C24H20FNO2S2. The Labute approximate surface area is 179 Å². The number of hydrogen-bond donors (Lipinski definition) is 0. The van der Waals surface area contributed by atoms with E-state index in [2.05, 4.69) is 12.1 Å². The number of benzene rings is 3. The van der Waals surface area contributed by atoms with Crippen molar-refractivity contribution in [2.24, 2.45) is 0 Å². The molecule has 0 aliphatic rings. The van der Waals surface area contributed by atoms with Crippen molar-refractivity contribution in [3.05, 3.63) is 95.3 Å². The Balaban J connectivity index is 1.81. The number of nitrogens with zero attached hydrogens (tertiary/aromatic N) is 1. The van der Waals surface area contributed by atoms with Gasteiger partial charge in [0, 0.05) is 23.8 Å². The van der Waals surface area contributed by atoms with E-state index in [1.54, 1.807) is 30.3 Å². The number of aryl methyl sites for hydroxylation is 2. The Morgan fingerprint density at radius 3 is 2.23 bits per heavy atom. The third-order valence-electron chi connectivity index (χ3n) is 4.79. The lowest BCUT2D eigenvalue weighted by atomic mass is 10.1. The molecule has 6 heteroatoms. The van der Waals surface area contributed by atoms with Crippen molar-refractivity contribution in [3.63, 3.8) is 0 Å². The lowest BCUT2D eigenvalue weighted by Gasteiger charge is -2.08. The van der Waals surface area contributed by atoms with E-state index in [0.717, 1.165) is 28.3 Å². The van der Waals surface area contributed by atoms with Gasteiger partial charge in [0.05, 0.1) is 20.5 Å². The minimum Gasteiger partial charge on any atom is -0.241 e. The Morgan fingerprint density at radius 2 is 1.53 bits per heavy atom. The molecule has 30 heavy (non-hydrogen) atoms. The smallest absolute Gasteiger partial charge is 0.176 e. The highest BCUT2D eigenvalue weighted by Gasteiger charge is 2.21. The van der Waals surface area contributed by atoms with Crippen molar-refractivity contribution >= 4 is 21.2 Å². The first-order valence-corrected chi connectivity index (χ1v) is 12.2. The van der Waals surface area contributed by atoms with Crippen molar-refractivity contribution < 1.29 is 12.8 Å². The highest BCUT2D eigenvalue weighted by atomic mass is 32.2. The second-order valence-electron chi connectivity index (χ2n) is 7.05. The van der Waals surface area contributed by atoms with Crippen LogP contribution in [0.3, 0.4) is 0 Å². The first-order valence-electron chi connectivity index (χ1n) is 9.51. The zero-order valence-corrected chi connectivity index (χ0v) is 18.0. The number of aromatic nitrogens is 1. The van der Waals surface area contributed by atoms with Crippen LogP contribution in [0.4, 0.5) is 4.39 Å². The zero-order valence-electron chi connectivity index (χ0n) is 16.4. The normalized spacial score (nSPS) is 11.5. The summed E-state index contributed by atoms with van der Waals surface area (Å²) in [7, 11) is -3.41. The fraction of sp³-hybridized carbons (Fsp3) is 0.125. The topological polar surface area (TPSA) is 47.0 Å². The van der Waals surface area contributed by atoms with E-state index >= 15 is 0 Å². The van der Waals surface area contributed by atoms with Crippen molar-refractivity contribution in [2.45, 2.75) is 17.7 Å². The van der Waals surface area contributed by atoms with Gasteiger partial charge in [0.25, 0.3) is 0 Å². The van der Waals surface area contributed by atoms with E-state index < -0.39 is 9.84 Å². The van der Waals surface area contributed by atoms with Crippen LogP contribution in [0.25, 0.3) is 21.7 Å². The van der Waals surface area contributed by atoms with Gasteiger partial charge in [-0.2, -0.15) is 0 Å². The number of hydrogen-bond acceptors (Lipinski definition) is 4. The maximum atomic E-state index is 13.5. The molecule has 0 aliphatic heterocycles. The molecule has 0 saturated carbocycles. The molecule has 0 N–H and O–H groups in total. The molecule has 0 bridgehead atoms. The predicted molar refractivity (Wildman–Crippen MR) is 120 cm³/mol. The summed E-state index contributed by atoms with van der Waals surface area (Å²) < 4.78 is 38.2. The first kappa shape index (κ1) is 20.4. The number of sulfone groups is 1. The zero-order chi connectivity index (χ0) is 21.1. The van der Waals surface area contributed by atoms with Gasteiger partial charge in [-0.1, -0.05) is 48.5 Å². The Kier molecular flexibility index (Phi) is 5.79. The molecule has 0 radical (unpaired) electrons. The van der Waals surface area contributed by atoms with Crippen LogP contribution in [0.1, 0.15) is 10.6 Å². The van der Waals surface area contributed by atoms with Gasteiger partial charge in [-0.3, -0.25) is 0 Å². The Hall–Kier alpha value is -2.83. The minimum atomic E-state index is -3.41. The van der Waals surface area contributed by atoms with Crippen LogP contribution in [0.5, 0.6) is 0 Å². The van der Waals surface area contributed by atoms with E-state index in [4.69, 9.17) is 4.98 Å². The summed E-state index contributed by atoms with van der Waals surface area (Å²) >= 11 is 1.49. The molecule has 0 fully saturated rings. The van der Waals surface area contributed by atoms with Crippen LogP contribution < -0.4 is 0 Å². The second kappa shape index (κ2) is 8.50. The number of halogens is 1. The average Bonchev–Trinajstić information content (AvgIpc) is 3.17. The molecule has 1 aromatic heterocycles. The summed E-state index contributed by atoms with van der Waals surface area (Å²) in [5.41, 5.74) is 3.29. The van der Waals surface area contributed by atoms with Crippen LogP contribution >= 0.6 is 11.3 Å². The largest absolute Gasteiger partial charge is 0.241 e. The van der Waals surface area contributed by atoms with Crippen molar-refractivity contribution in [2.75, 3.05) is 6.26 Å². The summed E-state index contributed by atoms with van der Waals surface area (Å²) in [6.45, 7) is 0. The van der Waals surface area contributed by atoms with Crippen LogP contribution in [0.2, 0.25) is 0 Å². The molecule has 0 saturated heterocycles. The van der Waals surface area contributed by atoms with Gasteiger partial charge >= 0.3 is 0 Å². The fourth-order valence-electron chi connectivity index (χ4n) is 3.33. The SMILES string of the molecule is CS(=O)(=O)c1ccccc1-c1sc(CCc2ccccc2)nc1-c1ccc(F)cc1. The van der Waals surface area contributed by atoms with Crippen LogP contribution in [0, 0.1) is 5.82 Å². The van der Waals surface area contributed by atoms with Crippen LogP contribution in [-0.2, 0) is 22.7 Å². The molecule has 4 rings (SSSR count). The molecule has 1 heterocycles. The van der Waals surface area contributed by atoms with E-state index in [1.807, 2.05) is 24.3 Å². The molecule has 0 amide bonds. The van der Waals surface area contributed by atoms with Gasteiger partial charge in [-0.25, -0.2) is 17.8 Å². The second-order valence-corrected chi connectivity index (χ2v) is 10.1. The summed E-state index contributed by atoms with van der Waals surface area (Å²) in [6.07, 6.45) is 2.79. The Bertz CT molecular complexity index is 1260. The average molecular weight is 438 g/mol. The van der Waals surface area contributed by atoms with Crippen molar-refractivity contribution in [1.82, 2.24) is 4.98 Å².